The Bertz CT molecular complexity index is 747. The Morgan fingerprint density at radius 1 is 1.40 bits per heavy atom. The molecule has 164 valence electrons. The van der Waals surface area contributed by atoms with Gasteiger partial charge in [0.2, 0.25) is 5.91 Å². The van der Waals surface area contributed by atoms with Crippen LogP contribution >= 0.6 is 0 Å². The monoisotopic (exact) mass is 420 g/mol. The first-order valence-electron chi connectivity index (χ1n) is 9.83. The van der Waals surface area contributed by atoms with Crippen LogP contribution < -0.4 is 21.8 Å². The number of aryl methyl sites for hydroxylation is 1. The van der Waals surface area contributed by atoms with Gasteiger partial charge in [-0.2, -0.15) is 0 Å². The molecule has 0 fully saturated rings. The molecule has 0 aromatic heterocycles. The summed E-state index contributed by atoms with van der Waals surface area (Å²) in [5, 5.41) is 15.5. The van der Waals surface area contributed by atoms with Crippen molar-refractivity contribution >= 4 is 19.7 Å². The van der Waals surface area contributed by atoms with Crippen molar-refractivity contribution in [3.63, 3.8) is 0 Å². The minimum Gasteiger partial charge on any atom is -0.365 e. The van der Waals surface area contributed by atoms with Gasteiger partial charge in [-0.1, -0.05) is 31.4 Å². The number of aliphatic imine (C=N–C) groups is 1. The van der Waals surface area contributed by atoms with Gasteiger partial charge in [0.25, 0.3) is 5.96 Å². The molecular formula is C19H30BFN6O3. The zero-order chi connectivity index (χ0) is 22.7. The molecule has 0 heterocycles. The van der Waals surface area contributed by atoms with E-state index < -0.39 is 17.0 Å². The topological polar surface area (TPSA) is 135 Å². The zero-order valence-electron chi connectivity index (χ0n) is 17.7. The molecule has 1 amide bonds. The van der Waals surface area contributed by atoms with Crippen molar-refractivity contribution < 1.29 is 14.2 Å². The van der Waals surface area contributed by atoms with Gasteiger partial charge in [0.1, 0.15) is 5.82 Å². The van der Waals surface area contributed by atoms with Gasteiger partial charge in [0.05, 0.1) is 13.9 Å². The number of amides is 1. The van der Waals surface area contributed by atoms with Crippen molar-refractivity contribution in [1.82, 2.24) is 16.1 Å². The van der Waals surface area contributed by atoms with Crippen molar-refractivity contribution in [2.24, 2.45) is 16.6 Å². The van der Waals surface area contributed by atoms with Crippen LogP contribution in [-0.2, 0) is 11.3 Å². The molecule has 0 aliphatic rings. The highest BCUT2D eigenvalue weighted by molar-refractivity contribution is 6.13. The molecule has 1 rings (SSSR count). The van der Waals surface area contributed by atoms with Crippen LogP contribution in [0.25, 0.3) is 0 Å². The Labute approximate surface area is 177 Å². The standard InChI is InChI=1S/C19H30BFN6O3/c1-12(2)9-17(20)25-18(28)16(5-4-8-23-19(22)26-27(29)30)24-11-14-6-7-15(21)13(3)10-14/h6-7,10,12,16-17,24H,4-5,8-9,11H2,1-3H3,(H,25,28)(H3,22,23,26)/t16-,17-/m0/s1. The molecule has 2 radical (unpaired) electrons. The van der Waals surface area contributed by atoms with Crippen LogP contribution in [0.3, 0.4) is 0 Å². The maximum atomic E-state index is 13.5. The van der Waals surface area contributed by atoms with E-state index in [2.05, 4.69) is 15.6 Å². The van der Waals surface area contributed by atoms with Crippen LogP contribution in [0.15, 0.2) is 23.2 Å². The van der Waals surface area contributed by atoms with E-state index in [0.29, 0.717) is 37.3 Å². The van der Waals surface area contributed by atoms with Gasteiger partial charge < -0.3 is 16.4 Å². The Morgan fingerprint density at radius 3 is 2.70 bits per heavy atom. The number of nitrogens with two attached hydrogens (primary N) is 1. The first-order chi connectivity index (χ1) is 14.1. The lowest BCUT2D eigenvalue weighted by atomic mass is 9.88. The molecule has 0 aliphatic heterocycles. The number of hydrogen-bond acceptors (Lipinski definition) is 5. The quantitative estimate of drug-likeness (QED) is 0.100. The minimum absolute atomic E-state index is 0.214. The van der Waals surface area contributed by atoms with E-state index >= 15 is 0 Å². The molecule has 2 atom stereocenters. The molecule has 0 unspecified atom stereocenters. The summed E-state index contributed by atoms with van der Waals surface area (Å²) in [5.41, 5.74) is 8.51. The summed E-state index contributed by atoms with van der Waals surface area (Å²) in [7, 11) is 5.99. The number of hydrogen-bond donors (Lipinski definition) is 4. The summed E-state index contributed by atoms with van der Waals surface area (Å²) in [6, 6.07) is 4.20. The molecule has 0 saturated carbocycles. The van der Waals surface area contributed by atoms with Crippen LogP contribution in [0.5, 0.6) is 0 Å². The molecule has 1 aromatic carbocycles. The van der Waals surface area contributed by atoms with Crippen LogP contribution in [0.1, 0.15) is 44.2 Å². The zero-order valence-corrected chi connectivity index (χ0v) is 17.7. The summed E-state index contributed by atoms with van der Waals surface area (Å²) < 4.78 is 13.5. The van der Waals surface area contributed by atoms with E-state index in [1.807, 2.05) is 13.8 Å². The van der Waals surface area contributed by atoms with Gasteiger partial charge in [-0.3, -0.25) is 4.79 Å². The van der Waals surface area contributed by atoms with Gasteiger partial charge in [-0.15, -0.1) is 0 Å². The molecular weight excluding hydrogens is 390 g/mol. The van der Waals surface area contributed by atoms with Gasteiger partial charge in [-0.25, -0.2) is 19.5 Å². The van der Waals surface area contributed by atoms with Crippen LogP contribution in [0.2, 0.25) is 0 Å². The SMILES string of the molecule is [B][C@H](CC(C)C)NC(=O)[C@H](CCCN=C(N)N[N+](=O)[O-])NCc1ccc(F)c(C)c1. The average Bonchev–Trinajstić information content (AvgIpc) is 2.62. The fourth-order valence-corrected chi connectivity index (χ4v) is 2.86. The summed E-state index contributed by atoms with van der Waals surface area (Å²) >= 11 is 0. The first-order valence-corrected chi connectivity index (χ1v) is 9.83. The van der Waals surface area contributed by atoms with E-state index in [1.165, 1.54) is 6.07 Å². The number of nitrogens with zero attached hydrogens (tertiary/aromatic N) is 2. The molecule has 0 saturated heterocycles. The van der Waals surface area contributed by atoms with Gasteiger partial charge in [0.15, 0.2) is 5.03 Å². The van der Waals surface area contributed by atoms with E-state index in [-0.39, 0.29) is 24.2 Å². The predicted octanol–water partition coefficient (Wildman–Crippen LogP) is 1.13. The minimum atomic E-state index is -0.794. The average molecular weight is 420 g/mol. The number of halogens is 1. The molecule has 0 bridgehead atoms. The maximum absolute atomic E-state index is 13.5. The van der Waals surface area contributed by atoms with Gasteiger partial charge >= 0.3 is 0 Å². The number of guanidine groups is 1. The molecule has 0 spiro atoms. The molecule has 0 aliphatic carbocycles. The fourth-order valence-electron chi connectivity index (χ4n) is 2.86. The Morgan fingerprint density at radius 2 is 2.10 bits per heavy atom. The van der Waals surface area contributed by atoms with Gasteiger partial charge in [-0.05, 0) is 55.2 Å². The highest BCUT2D eigenvalue weighted by Gasteiger charge is 2.19. The molecule has 1 aromatic rings. The lowest BCUT2D eigenvalue weighted by molar-refractivity contribution is -0.525. The third-order valence-electron chi connectivity index (χ3n) is 4.28. The smallest absolute Gasteiger partial charge is 0.251 e. The highest BCUT2D eigenvalue weighted by atomic mass is 19.1. The number of rotatable bonds is 12. The van der Waals surface area contributed by atoms with Crippen molar-refractivity contribution in [1.29, 1.82) is 0 Å². The number of carbonyl (C=O) groups is 1. The molecule has 5 N–H and O–H groups in total. The summed E-state index contributed by atoms with van der Waals surface area (Å²) in [6.07, 6.45) is 1.52. The number of nitro groups is 1. The Hall–Kier alpha value is -2.69. The second-order valence-electron chi connectivity index (χ2n) is 7.54. The second-order valence-corrected chi connectivity index (χ2v) is 7.54. The predicted molar refractivity (Wildman–Crippen MR) is 115 cm³/mol. The lowest BCUT2D eigenvalue weighted by Crippen LogP contribution is -2.48. The van der Waals surface area contributed by atoms with E-state index in [0.717, 1.165) is 5.56 Å². The van der Waals surface area contributed by atoms with E-state index in [4.69, 9.17) is 13.6 Å². The van der Waals surface area contributed by atoms with Crippen molar-refractivity contribution in [2.75, 3.05) is 6.54 Å². The second kappa shape index (κ2) is 12.8. The number of carbonyl (C=O) groups excluding carboxylic acids is 1. The summed E-state index contributed by atoms with van der Waals surface area (Å²) in [6.45, 7) is 6.29. The summed E-state index contributed by atoms with van der Waals surface area (Å²) in [5.74, 6) is -0.961. The molecule has 9 nitrogen and oxygen atoms in total. The van der Waals surface area contributed by atoms with Crippen LogP contribution in [0.4, 0.5) is 4.39 Å². The van der Waals surface area contributed by atoms with Gasteiger partial charge in [0, 0.05) is 13.1 Å². The van der Waals surface area contributed by atoms with Crippen LogP contribution in [0, 0.1) is 28.8 Å². The molecule has 30 heavy (non-hydrogen) atoms. The van der Waals surface area contributed by atoms with Crippen molar-refractivity contribution in [2.45, 2.75) is 58.6 Å². The third-order valence-corrected chi connectivity index (χ3v) is 4.28. The van der Waals surface area contributed by atoms with E-state index in [1.54, 1.807) is 24.5 Å². The number of benzene rings is 1. The Kier molecular flexibility index (Phi) is 10.8. The third kappa shape index (κ3) is 10.2. The largest absolute Gasteiger partial charge is 0.365 e. The van der Waals surface area contributed by atoms with Crippen molar-refractivity contribution in [3.05, 3.63) is 45.3 Å². The highest BCUT2D eigenvalue weighted by Crippen LogP contribution is 2.10. The van der Waals surface area contributed by atoms with Crippen LogP contribution in [-0.4, -0.2) is 43.3 Å². The normalized spacial score (nSPS) is 13.7. The number of hydrazine groups is 1. The van der Waals surface area contributed by atoms with E-state index in [9.17, 15) is 19.3 Å². The first kappa shape index (κ1) is 25.4. The fraction of sp³-hybridized carbons (Fsp3) is 0.579. The lowest BCUT2D eigenvalue weighted by Gasteiger charge is -2.22. The molecule has 11 heteroatoms. The maximum Gasteiger partial charge on any atom is 0.251 e. The number of nitrogens with one attached hydrogen (secondary N) is 3. The van der Waals surface area contributed by atoms with Crippen molar-refractivity contribution in [3.8, 4) is 0 Å². The summed E-state index contributed by atoms with van der Waals surface area (Å²) in [4.78, 5) is 26.8. The Balaban J connectivity index is 2.70.